The molecule has 8 nitrogen and oxygen atoms in total. The van der Waals surface area contributed by atoms with Crippen LogP contribution in [0.25, 0.3) is 0 Å². The number of hydrogen-bond donors (Lipinski definition) is 3. The molecule has 1 aromatic carbocycles. The van der Waals surface area contributed by atoms with Crippen LogP contribution in [-0.4, -0.2) is 54.0 Å². The average molecular weight is 445 g/mol. The quantitative estimate of drug-likeness (QED) is 0.440. The normalized spacial score (nSPS) is 12.3. The lowest BCUT2D eigenvalue weighted by Crippen LogP contribution is -2.62. The van der Waals surface area contributed by atoms with Crippen molar-refractivity contribution in [2.24, 2.45) is 0 Å². The lowest BCUT2D eigenvalue weighted by molar-refractivity contribution is -0.144. The third-order valence-electron chi connectivity index (χ3n) is 4.12. The van der Waals surface area contributed by atoms with Gasteiger partial charge in [-0.1, -0.05) is 17.9 Å². The molecule has 0 saturated carbocycles. The highest BCUT2D eigenvalue weighted by Crippen LogP contribution is 2.15. The van der Waals surface area contributed by atoms with E-state index < -0.39 is 35.2 Å². The molecule has 0 aliphatic carbocycles. The van der Waals surface area contributed by atoms with Crippen molar-refractivity contribution >= 4 is 18.0 Å². The topological polar surface area (TPSA) is 114 Å². The van der Waals surface area contributed by atoms with Crippen molar-refractivity contribution in [3.05, 3.63) is 47.5 Å². The molecular weight excluding hydrogens is 412 g/mol. The lowest BCUT2D eigenvalue weighted by atomic mass is 9.94. The first-order chi connectivity index (χ1) is 14.9. The second-order valence-corrected chi connectivity index (χ2v) is 8.54. The largest absolute Gasteiger partial charge is 0.467 e. The summed E-state index contributed by atoms with van der Waals surface area (Å²) in [4.78, 5) is 37.3. The minimum Gasteiger partial charge on any atom is -0.467 e. The van der Waals surface area contributed by atoms with Gasteiger partial charge in [0.25, 0.3) is 5.91 Å². The number of hydrogen-bond acceptors (Lipinski definition) is 6. The van der Waals surface area contributed by atoms with Crippen molar-refractivity contribution < 1.29 is 29.0 Å². The number of aliphatic hydroxyl groups excluding tert-OH is 1. The number of amides is 2. The molecule has 3 N–H and O–H groups in total. The monoisotopic (exact) mass is 444 g/mol. The summed E-state index contributed by atoms with van der Waals surface area (Å²) in [7, 11) is 1.20. The van der Waals surface area contributed by atoms with Crippen LogP contribution < -0.4 is 10.6 Å². The van der Waals surface area contributed by atoms with E-state index >= 15 is 0 Å². The number of rotatable bonds is 7. The first kappa shape index (κ1) is 26.7. The molecule has 2 amide bonds. The number of alkyl carbamates (subject to hydrolysis) is 1. The van der Waals surface area contributed by atoms with E-state index in [0.29, 0.717) is 17.5 Å². The van der Waals surface area contributed by atoms with E-state index in [-0.39, 0.29) is 6.61 Å². The highest BCUT2D eigenvalue weighted by Gasteiger charge is 2.39. The fraction of sp³-hybridized carbons (Fsp3) is 0.458. The van der Waals surface area contributed by atoms with Crippen LogP contribution in [0.2, 0.25) is 0 Å². The molecule has 0 heterocycles. The summed E-state index contributed by atoms with van der Waals surface area (Å²) in [5.74, 6) is 4.53. The zero-order chi connectivity index (χ0) is 24.4. The summed E-state index contributed by atoms with van der Waals surface area (Å²) in [6, 6.07) is 5.36. The van der Waals surface area contributed by atoms with Gasteiger partial charge in [0.05, 0.1) is 12.6 Å². The van der Waals surface area contributed by atoms with Crippen molar-refractivity contribution in [3.8, 4) is 11.8 Å². The molecule has 1 unspecified atom stereocenters. The van der Waals surface area contributed by atoms with Gasteiger partial charge in [-0.2, -0.15) is 0 Å². The minimum atomic E-state index is -1.20. The van der Waals surface area contributed by atoms with E-state index in [1.165, 1.54) is 7.11 Å². The number of ether oxygens (including phenoxy) is 2. The Morgan fingerprint density at radius 1 is 1.12 bits per heavy atom. The second-order valence-electron chi connectivity index (χ2n) is 8.54. The fourth-order valence-corrected chi connectivity index (χ4v) is 2.55. The summed E-state index contributed by atoms with van der Waals surface area (Å²) in [5, 5.41) is 14.0. The van der Waals surface area contributed by atoms with Crippen LogP contribution >= 0.6 is 0 Å². The van der Waals surface area contributed by atoms with Gasteiger partial charge in [-0.3, -0.25) is 4.79 Å². The van der Waals surface area contributed by atoms with E-state index in [0.717, 1.165) is 0 Å². The third-order valence-corrected chi connectivity index (χ3v) is 4.12. The van der Waals surface area contributed by atoms with Crippen molar-refractivity contribution in [2.75, 3.05) is 13.7 Å². The molecular formula is C24H32N2O6. The van der Waals surface area contributed by atoms with Gasteiger partial charge in [0, 0.05) is 17.7 Å². The number of methoxy groups -OCH3 is 1. The smallest absolute Gasteiger partial charge is 0.408 e. The molecule has 0 aromatic heterocycles. The molecule has 174 valence electrons. The first-order valence-electron chi connectivity index (χ1n) is 10.2. The van der Waals surface area contributed by atoms with Crippen molar-refractivity contribution in [1.29, 1.82) is 0 Å². The minimum absolute atomic E-state index is 0.0681. The molecule has 1 rings (SSSR count). The van der Waals surface area contributed by atoms with E-state index in [9.17, 15) is 14.4 Å². The van der Waals surface area contributed by atoms with Crippen LogP contribution in [-0.2, 0) is 14.3 Å². The van der Waals surface area contributed by atoms with Crippen LogP contribution in [0.5, 0.6) is 0 Å². The van der Waals surface area contributed by atoms with Gasteiger partial charge in [-0.25, -0.2) is 9.59 Å². The zero-order valence-electron chi connectivity index (χ0n) is 19.4. The molecule has 1 atom stereocenters. The summed E-state index contributed by atoms with van der Waals surface area (Å²) in [5.41, 5.74) is -0.902. The molecule has 0 aliphatic heterocycles. The number of aliphatic hydroxyl groups is 1. The van der Waals surface area contributed by atoms with Crippen molar-refractivity contribution in [1.82, 2.24) is 10.6 Å². The third kappa shape index (κ3) is 9.23. The molecule has 32 heavy (non-hydrogen) atoms. The Labute approximate surface area is 189 Å². The van der Waals surface area contributed by atoms with Gasteiger partial charge in [-0.15, -0.1) is 0 Å². The standard InChI is InChI=1S/C24H32N2O6/c1-23(2,3)32-22(30)26-24(4,5)19(21(29)31-6)25-20(28)18-14-12-17(13-15-18)11-9-7-8-10-16-27/h7-8,12-15,19,27H,10,16H2,1-6H3,(H,25,28)(H,26,30). The number of carbonyl (C=O) groups excluding carboxylic acids is 3. The summed E-state index contributed by atoms with van der Waals surface area (Å²) >= 11 is 0. The number of nitrogens with one attached hydrogen (secondary N) is 2. The maximum absolute atomic E-state index is 12.7. The highest BCUT2D eigenvalue weighted by molar-refractivity contribution is 5.97. The van der Waals surface area contributed by atoms with Gasteiger partial charge in [0.1, 0.15) is 11.6 Å². The van der Waals surface area contributed by atoms with Gasteiger partial charge in [0.15, 0.2) is 0 Å². The van der Waals surface area contributed by atoms with Crippen molar-refractivity contribution in [2.45, 2.75) is 58.2 Å². The number of esters is 1. The van der Waals surface area contributed by atoms with Crippen LogP contribution in [0, 0.1) is 11.8 Å². The van der Waals surface area contributed by atoms with Gasteiger partial charge in [0.2, 0.25) is 0 Å². The van der Waals surface area contributed by atoms with E-state index in [2.05, 4.69) is 22.5 Å². The SMILES string of the molecule is COC(=O)C(NC(=O)c1ccc(C#CC=CCCO)cc1)C(C)(C)NC(=O)OC(C)(C)C. The Morgan fingerprint density at radius 2 is 1.75 bits per heavy atom. The predicted molar refractivity (Wildman–Crippen MR) is 121 cm³/mol. The second kappa shape index (κ2) is 11.9. The number of carbonyl (C=O) groups is 3. The van der Waals surface area contributed by atoms with Crippen LogP contribution in [0.3, 0.4) is 0 Å². The zero-order valence-corrected chi connectivity index (χ0v) is 19.4. The molecule has 0 radical (unpaired) electrons. The molecule has 0 bridgehead atoms. The molecule has 0 aliphatic rings. The van der Waals surface area contributed by atoms with E-state index in [4.69, 9.17) is 14.6 Å². The van der Waals surface area contributed by atoms with E-state index in [1.807, 2.05) is 0 Å². The molecule has 0 spiro atoms. The molecule has 8 heteroatoms. The number of allylic oxidation sites excluding steroid dienone is 1. The van der Waals surface area contributed by atoms with Gasteiger partial charge in [-0.05, 0) is 71.4 Å². The average Bonchev–Trinajstić information content (AvgIpc) is 2.69. The number of benzene rings is 1. The fourth-order valence-electron chi connectivity index (χ4n) is 2.55. The molecule has 0 fully saturated rings. The summed E-state index contributed by atoms with van der Waals surface area (Å²) in [6.45, 7) is 8.40. The van der Waals surface area contributed by atoms with Crippen molar-refractivity contribution in [3.63, 3.8) is 0 Å². The lowest BCUT2D eigenvalue weighted by Gasteiger charge is -2.34. The summed E-state index contributed by atoms with van der Waals surface area (Å²) < 4.78 is 10.1. The highest BCUT2D eigenvalue weighted by atomic mass is 16.6. The maximum atomic E-state index is 12.7. The first-order valence-corrected chi connectivity index (χ1v) is 10.2. The summed E-state index contributed by atoms with van der Waals surface area (Å²) in [6.07, 6.45) is 3.22. The Balaban J connectivity index is 2.94. The maximum Gasteiger partial charge on any atom is 0.408 e. The van der Waals surface area contributed by atoms with Gasteiger partial charge >= 0.3 is 12.1 Å². The Hall–Kier alpha value is -3.31. The van der Waals surface area contributed by atoms with E-state index in [1.54, 1.807) is 71.0 Å². The molecule has 0 saturated heterocycles. The van der Waals surface area contributed by atoms with Gasteiger partial charge < -0.3 is 25.2 Å². The van der Waals surface area contributed by atoms with Crippen LogP contribution in [0.4, 0.5) is 4.79 Å². The predicted octanol–water partition coefficient (Wildman–Crippen LogP) is 2.55. The molecule has 1 aromatic rings. The van der Waals surface area contributed by atoms with Crippen LogP contribution in [0.15, 0.2) is 36.4 Å². The Morgan fingerprint density at radius 3 is 2.28 bits per heavy atom. The Bertz CT molecular complexity index is 886. The Kier molecular flexibility index (Phi) is 9.95. The van der Waals surface area contributed by atoms with Crippen LogP contribution in [0.1, 0.15) is 57.0 Å².